The monoisotopic (exact) mass is 260 g/mol. The Hall–Kier alpha value is -2.50. The van der Waals surface area contributed by atoms with Crippen molar-refractivity contribution in [3.63, 3.8) is 0 Å². The minimum absolute atomic E-state index is 0.552. The maximum atomic E-state index is 5.32. The lowest BCUT2D eigenvalue weighted by Gasteiger charge is -2.14. The van der Waals surface area contributed by atoms with E-state index in [4.69, 9.17) is 9.47 Å². The van der Waals surface area contributed by atoms with Gasteiger partial charge in [0.2, 0.25) is 5.75 Å². The van der Waals surface area contributed by atoms with Gasteiger partial charge in [0.25, 0.3) is 0 Å². The van der Waals surface area contributed by atoms with E-state index in [1.54, 1.807) is 21.3 Å². The summed E-state index contributed by atoms with van der Waals surface area (Å²) in [5, 5.41) is 6.13. The highest BCUT2D eigenvalue weighted by atomic mass is 16.5. The fourth-order valence-corrected chi connectivity index (χ4v) is 1.71. The van der Waals surface area contributed by atoms with Crippen LogP contribution < -0.4 is 20.1 Å². The summed E-state index contributed by atoms with van der Waals surface area (Å²) in [7, 11) is 4.97. The number of hydrogen-bond acceptors (Lipinski definition) is 6. The van der Waals surface area contributed by atoms with E-state index in [0.717, 1.165) is 11.4 Å². The van der Waals surface area contributed by atoms with Gasteiger partial charge in [-0.05, 0) is 12.1 Å². The topological polar surface area (TPSA) is 68.3 Å². The second-order valence-corrected chi connectivity index (χ2v) is 3.68. The van der Waals surface area contributed by atoms with Crippen LogP contribution in [0.1, 0.15) is 0 Å². The lowest BCUT2D eigenvalue weighted by molar-refractivity contribution is 0.413. The molecule has 0 atom stereocenters. The number of nitrogens with zero attached hydrogens (tertiary/aromatic N) is 2. The number of hydrogen-bond donors (Lipinski definition) is 2. The number of anilines is 3. The number of ether oxygens (including phenoxy) is 2. The van der Waals surface area contributed by atoms with Gasteiger partial charge in [0.1, 0.15) is 12.1 Å². The number of methoxy groups -OCH3 is 2. The van der Waals surface area contributed by atoms with Crippen LogP contribution in [0.25, 0.3) is 0 Å². The van der Waals surface area contributed by atoms with Crippen LogP contribution in [-0.2, 0) is 0 Å². The molecule has 0 saturated carbocycles. The Kier molecular flexibility index (Phi) is 4.02. The summed E-state index contributed by atoms with van der Waals surface area (Å²) in [6.45, 7) is 0. The molecule has 0 bridgehead atoms. The maximum Gasteiger partial charge on any atom is 0.204 e. The zero-order chi connectivity index (χ0) is 13.7. The molecule has 2 N–H and O–H groups in total. The summed E-state index contributed by atoms with van der Waals surface area (Å²) < 4.78 is 10.6. The average molecular weight is 260 g/mol. The third-order valence-electron chi connectivity index (χ3n) is 2.60. The zero-order valence-electron chi connectivity index (χ0n) is 11.1. The Morgan fingerprint density at radius 2 is 1.74 bits per heavy atom. The van der Waals surface area contributed by atoms with Crippen LogP contribution in [-0.4, -0.2) is 31.2 Å². The Balaban J connectivity index is 2.38. The summed E-state index contributed by atoms with van der Waals surface area (Å²) >= 11 is 0. The van der Waals surface area contributed by atoms with Gasteiger partial charge in [-0.2, -0.15) is 0 Å². The molecule has 0 unspecified atom stereocenters. The molecule has 2 rings (SSSR count). The highest BCUT2D eigenvalue weighted by Crippen LogP contribution is 2.33. The van der Waals surface area contributed by atoms with E-state index in [0.29, 0.717) is 17.4 Å². The van der Waals surface area contributed by atoms with Crippen LogP contribution in [0.3, 0.4) is 0 Å². The first-order chi connectivity index (χ1) is 9.30. The maximum absolute atomic E-state index is 5.32. The molecule has 19 heavy (non-hydrogen) atoms. The summed E-state index contributed by atoms with van der Waals surface area (Å²) in [6.07, 6.45) is 1.46. The van der Waals surface area contributed by atoms with Gasteiger partial charge in [-0.1, -0.05) is 12.1 Å². The van der Waals surface area contributed by atoms with E-state index < -0.39 is 0 Å². The predicted octanol–water partition coefficient (Wildman–Crippen LogP) is 2.28. The molecule has 0 radical (unpaired) electrons. The first-order valence-electron chi connectivity index (χ1n) is 5.77. The minimum atomic E-state index is 0.552. The molecule has 0 aliphatic heterocycles. The fourth-order valence-electron chi connectivity index (χ4n) is 1.71. The van der Waals surface area contributed by atoms with Crippen LogP contribution in [0.2, 0.25) is 0 Å². The number of rotatable bonds is 5. The van der Waals surface area contributed by atoms with E-state index in [2.05, 4.69) is 20.6 Å². The number of benzene rings is 1. The van der Waals surface area contributed by atoms with Crippen molar-refractivity contribution in [1.29, 1.82) is 0 Å². The van der Waals surface area contributed by atoms with Crippen molar-refractivity contribution in [2.24, 2.45) is 0 Å². The van der Waals surface area contributed by atoms with Crippen LogP contribution in [0.15, 0.2) is 30.6 Å². The average Bonchev–Trinajstić information content (AvgIpc) is 2.47. The third-order valence-corrected chi connectivity index (χ3v) is 2.60. The number of aromatic nitrogens is 2. The summed E-state index contributed by atoms with van der Waals surface area (Å²) in [5.74, 6) is 2.48. The molecular weight excluding hydrogens is 244 g/mol. The summed E-state index contributed by atoms with van der Waals surface area (Å²) in [5.41, 5.74) is 0.809. The van der Waals surface area contributed by atoms with Crippen molar-refractivity contribution in [1.82, 2.24) is 9.97 Å². The Morgan fingerprint density at radius 3 is 2.42 bits per heavy atom. The molecule has 0 fully saturated rings. The Morgan fingerprint density at radius 1 is 1.00 bits per heavy atom. The van der Waals surface area contributed by atoms with Crippen LogP contribution in [0.5, 0.6) is 11.5 Å². The molecular formula is C13H16N4O2. The van der Waals surface area contributed by atoms with Gasteiger partial charge >= 0.3 is 0 Å². The summed E-state index contributed by atoms with van der Waals surface area (Å²) in [4.78, 5) is 8.28. The molecule has 1 aromatic carbocycles. The van der Waals surface area contributed by atoms with Crippen molar-refractivity contribution >= 4 is 17.3 Å². The van der Waals surface area contributed by atoms with Gasteiger partial charge in [-0.3, -0.25) is 0 Å². The van der Waals surface area contributed by atoms with Crippen molar-refractivity contribution < 1.29 is 9.47 Å². The smallest absolute Gasteiger partial charge is 0.204 e. The van der Waals surface area contributed by atoms with Crippen molar-refractivity contribution in [3.05, 3.63) is 30.6 Å². The minimum Gasteiger partial charge on any atom is -0.495 e. The predicted molar refractivity (Wildman–Crippen MR) is 74.4 cm³/mol. The molecule has 0 spiro atoms. The van der Waals surface area contributed by atoms with Gasteiger partial charge in [0.15, 0.2) is 11.6 Å². The van der Waals surface area contributed by atoms with E-state index in [1.807, 2.05) is 24.3 Å². The molecule has 2 aromatic rings. The molecule has 1 aromatic heterocycles. The quantitative estimate of drug-likeness (QED) is 0.859. The highest BCUT2D eigenvalue weighted by molar-refractivity contribution is 5.72. The van der Waals surface area contributed by atoms with E-state index >= 15 is 0 Å². The lowest BCUT2D eigenvalue weighted by Crippen LogP contribution is -2.03. The second-order valence-electron chi connectivity index (χ2n) is 3.68. The molecule has 0 amide bonds. The number of nitrogens with one attached hydrogen (secondary N) is 2. The van der Waals surface area contributed by atoms with Gasteiger partial charge in [-0.15, -0.1) is 0 Å². The second kappa shape index (κ2) is 5.90. The van der Waals surface area contributed by atoms with E-state index in [9.17, 15) is 0 Å². The van der Waals surface area contributed by atoms with Crippen molar-refractivity contribution in [3.8, 4) is 11.5 Å². The molecule has 0 aliphatic rings. The lowest BCUT2D eigenvalue weighted by atomic mass is 10.3. The van der Waals surface area contributed by atoms with Crippen molar-refractivity contribution in [2.75, 3.05) is 31.9 Å². The Labute approximate surface area is 111 Å². The number of para-hydroxylation sites is 2. The third kappa shape index (κ3) is 2.67. The van der Waals surface area contributed by atoms with Gasteiger partial charge in [0, 0.05) is 7.05 Å². The largest absolute Gasteiger partial charge is 0.495 e. The standard InChI is InChI=1S/C13H16N4O2/c1-14-12-11(19-3)13(16-8-15-12)17-9-6-4-5-7-10(9)18-2/h4-8H,1-3H3,(H2,14,15,16,17). The molecule has 0 aliphatic carbocycles. The van der Waals surface area contributed by atoms with Crippen molar-refractivity contribution in [2.45, 2.75) is 0 Å². The SMILES string of the molecule is CNc1ncnc(Nc2ccccc2OC)c1OC. The summed E-state index contributed by atoms with van der Waals surface area (Å²) in [6, 6.07) is 7.59. The van der Waals surface area contributed by atoms with Gasteiger partial charge in [0.05, 0.1) is 19.9 Å². The van der Waals surface area contributed by atoms with Crippen LogP contribution in [0.4, 0.5) is 17.3 Å². The molecule has 6 nitrogen and oxygen atoms in total. The first-order valence-corrected chi connectivity index (χ1v) is 5.77. The van der Waals surface area contributed by atoms with Gasteiger partial charge < -0.3 is 20.1 Å². The van der Waals surface area contributed by atoms with Crippen LogP contribution in [0, 0.1) is 0 Å². The normalized spacial score (nSPS) is 9.84. The zero-order valence-corrected chi connectivity index (χ0v) is 11.1. The molecule has 1 heterocycles. The molecule has 100 valence electrons. The molecule has 6 heteroatoms. The highest BCUT2D eigenvalue weighted by Gasteiger charge is 2.12. The Bertz CT molecular complexity index is 560. The van der Waals surface area contributed by atoms with E-state index in [-0.39, 0.29) is 0 Å². The van der Waals surface area contributed by atoms with Gasteiger partial charge in [-0.25, -0.2) is 9.97 Å². The fraction of sp³-hybridized carbons (Fsp3) is 0.231. The van der Waals surface area contributed by atoms with E-state index in [1.165, 1.54) is 6.33 Å². The first kappa shape index (κ1) is 12.9. The molecule has 0 saturated heterocycles. The van der Waals surface area contributed by atoms with Crippen LogP contribution >= 0.6 is 0 Å².